The van der Waals surface area contributed by atoms with Gasteiger partial charge in [0.2, 0.25) is 5.91 Å². The second kappa shape index (κ2) is 8.24. The number of fused-ring (bicyclic) bond motifs is 1. The summed E-state index contributed by atoms with van der Waals surface area (Å²) in [6.07, 6.45) is 3.57. The van der Waals surface area contributed by atoms with E-state index in [0.29, 0.717) is 32.0 Å². The number of hydrogen-bond acceptors (Lipinski definition) is 5. The van der Waals surface area contributed by atoms with Crippen LogP contribution in [0.15, 0.2) is 59.7 Å². The topological polar surface area (TPSA) is 90.0 Å². The normalized spacial score (nSPS) is 14.6. The fourth-order valence-corrected chi connectivity index (χ4v) is 3.40. The Morgan fingerprint density at radius 2 is 1.97 bits per heavy atom. The number of benzene rings is 2. The van der Waals surface area contributed by atoms with Gasteiger partial charge in [-0.15, -0.1) is 0 Å². The van der Waals surface area contributed by atoms with E-state index < -0.39 is 4.92 Å². The number of ether oxygens (including phenoxy) is 1. The summed E-state index contributed by atoms with van der Waals surface area (Å²) in [5.74, 6) is 0.0521. The van der Waals surface area contributed by atoms with Gasteiger partial charge in [0.15, 0.2) is 0 Å². The SMILES string of the molecule is O=C(Cn1cc(C=Nc2cccc([N+](=O)[O-])c2)c2ccccc21)N1CCOCC1. The summed E-state index contributed by atoms with van der Waals surface area (Å²) in [7, 11) is 0. The van der Waals surface area contributed by atoms with Gasteiger partial charge in [0.25, 0.3) is 5.69 Å². The van der Waals surface area contributed by atoms with Crippen molar-refractivity contribution in [3.05, 3.63) is 70.4 Å². The first-order valence-electron chi connectivity index (χ1n) is 9.34. The first kappa shape index (κ1) is 18.8. The Morgan fingerprint density at radius 1 is 1.17 bits per heavy atom. The Morgan fingerprint density at radius 3 is 2.76 bits per heavy atom. The Labute approximate surface area is 167 Å². The molecule has 0 radical (unpaired) electrons. The Hall–Kier alpha value is -3.52. The zero-order valence-corrected chi connectivity index (χ0v) is 15.7. The summed E-state index contributed by atoms with van der Waals surface area (Å²) in [5.41, 5.74) is 2.29. The number of aromatic nitrogens is 1. The highest BCUT2D eigenvalue weighted by atomic mass is 16.6. The maximum Gasteiger partial charge on any atom is 0.271 e. The Bertz CT molecular complexity index is 1080. The summed E-state index contributed by atoms with van der Waals surface area (Å²) in [5, 5.41) is 11.9. The predicted molar refractivity (Wildman–Crippen MR) is 110 cm³/mol. The molecule has 0 aliphatic carbocycles. The summed E-state index contributed by atoms with van der Waals surface area (Å²) in [4.78, 5) is 29.4. The zero-order valence-electron chi connectivity index (χ0n) is 15.7. The van der Waals surface area contributed by atoms with Gasteiger partial charge in [-0.1, -0.05) is 24.3 Å². The van der Waals surface area contributed by atoms with Crippen molar-refractivity contribution in [3.8, 4) is 0 Å². The third-order valence-corrected chi connectivity index (χ3v) is 4.88. The lowest BCUT2D eigenvalue weighted by Gasteiger charge is -2.27. The number of nitro benzene ring substituents is 1. The van der Waals surface area contributed by atoms with Crippen LogP contribution in [0.1, 0.15) is 5.56 Å². The molecule has 8 nitrogen and oxygen atoms in total. The molecule has 1 aromatic heterocycles. The molecule has 29 heavy (non-hydrogen) atoms. The number of non-ortho nitro benzene ring substituents is 1. The molecule has 0 saturated carbocycles. The summed E-state index contributed by atoms with van der Waals surface area (Å²) >= 11 is 0. The van der Waals surface area contributed by atoms with Gasteiger partial charge >= 0.3 is 0 Å². The minimum absolute atomic E-state index is 0.00168. The molecule has 4 rings (SSSR count). The van der Waals surface area contributed by atoms with E-state index in [9.17, 15) is 14.9 Å². The van der Waals surface area contributed by atoms with Crippen LogP contribution >= 0.6 is 0 Å². The molecule has 2 aromatic carbocycles. The molecule has 1 aliphatic rings. The van der Waals surface area contributed by atoms with Gasteiger partial charge < -0.3 is 14.2 Å². The van der Waals surface area contributed by atoms with Crippen molar-refractivity contribution in [2.24, 2.45) is 4.99 Å². The number of rotatable bonds is 5. The molecule has 0 unspecified atom stereocenters. The molecule has 1 saturated heterocycles. The van der Waals surface area contributed by atoms with Gasteiger partial charge in [0, 0.05) is 54.1 Å². The van der Waals surface area contributed by atoms with E-state index in [-0.39, 0.29) is 18.1 Å². The van der Waals surface area contributed by atoms with Gasteiger partial charge in [-0.25, -0.2) is 0 Å². The largest absolute Gasteiger partial charge is 0.378 e. The lowest BCUT2D eigenvalue weighted by Crippen LogP contribution is -2.42. The summed E-state index contributed by atoms with van der Waals surface area (Å²) in [6, 6.07) is 14.0. The smallest absolute Gasteiger partial charge is 0.271 e. The maximum atomic E-state index is 12.7. The van der Waals surface area contributed by atoms with Crippen molar-refractivity contribution in [2.45, 2.75) is 6.54 Å². The molecular weight excluding hydrogens is 372 g/mol. The van der Waals surface area contributed by atoms with Crippen molar-refractivity contribution in [3.63, 3.8) is 0 Å². The molecule has 3 aromatic rings. The second-order valence-corrected chi connectivity index (χ2v) is 6.76. The number of morpholine rings is 1. The molecule has 1 amide bonds. The highest BCUT2D eigenvalue weighted by Crippen LogP contribution is 2.23. The van der Waals surface area contributed by atoms with Crippen LogP contribution in [0.3, 0.4) is 0 Å². The highest BCUT2D eigenvalue weighted by molar-refractivity contribution is 6.00. The number of nitro groups is 1. The van der Waals surface area contributed by atoms with E-state index in [1.165, 1.54) is 12.1 Å². The van der Waals surface area contributed by atoms with Crippen molar-refractivity contribution in [2.75, 3.05) is 26.3 Å². The van der Waals surface area contributed by atoms with E-state index in [1.54, 1.807) is 18.3 Å². The molecule has 0 N–H and O–H groups in total. The van der Waals surface area contributed by atoms with E-state index in [4.69, 9.17) is 4.74 Å². The van der Waals surface area contributed by atoms with Crippen molar-refractivity contribution in [1.82, 2.24) is 9.47 Å². The molecule has 1 aliphatic heterocycles. The van der Waals surface area contributed by atoms with Crippen LogP contribution in [0.25, 0.3) is 10.9 Å². The summed E-state index contributed by atoms with van der Waals surface area (Å²) in [6.45, 7) is 2.60. The third-order valence-electron chi connectivity index (χ3n) is 4.88. The standard InChI is InChI=1S/C21H20N4O4/c26-21(23-8-10-29-11-9-23)15-24-14-16(19-6-1-2-7-20(19)24)13-22-17-4-3-5-18(12-17)25(27)28/h1-7,12-14H,8-11,15H2. The summed E-state index contributed by atoms with van der Waals surface area (Å²) < 4.78 is 7.23. The molecule has 2 heterocycles. The molecule has 1 fully saturated rings. The first-order chi connectivity index (χ1) is 14.1. The number of carbonyl (C=O) groups excluding carboxylic acids is 1. The predicted octanol–water partition coefficient (Wildman–Crippen LogP) is 3.16. The fourth-order valence-electron chi connectivity index (χ4n) is 3.40. The number of para-hydroxylation sites is 1. The van der Waals surface area contributed by atoms with Crippen molar-refractivity contribution in [1.29, 1.82) is 0 Å². The highest BCUT2D eigenvalue weighted by Gasteiger charge is 2.18. The minimum atomic E-state index is -0.442. The molecule has 148 valence electrons. The van der Waals surface area contributed by atoms with Gasteiger partial charge in [-0.3, -0.25) is 19.9 Å². The molecule has 0 atom stereocenters. The van der Waals surface area contributed by atoms with Gasteiger partial charge in [-0.2, -0.15) is 0 Å². The van der Waals surface area contributed by atoms with E-state index >= 15 is 0 Å². The number of aliphatic imine (C=N–C) groups is 1. The van der Waals surface area contributed by atoms with E-state index in [0.717, 1.165) is 16.5 Å². The Kier molecular flexibility index (Phi) is 5.35. The second-order valence-electron chi connectivity index (χ2n) is 6.76. The molecule has 0 bridgehead atoms. The molecule has 8 heteroatoms. The lowest BCUT2D eigenvalue weighted by molar-refractivity contribution is -0.384. The van der Waals surface area contributed by atoms with Crippen LogP contribution in [0.5, 0.6) is 0 Å². The monoisotopic (exact) mass is 392 g/mol. The average molecular weight is 392 g/mol. The lowest BCUT2D eigenvalue weighted by atomic mass is 10.2. The Balaban J connectivity index is 1.61. The third kappa shape index (κ3) is 4.17. The van der Waals surface area contributed by atoms with E-state index in [2.05, 4.69) is 4.99 Å². The minimum Gasteiger partial charge on any atom is -0.378 e. The molecular formula is C21H20N4O4. The van der Waals surface area contributed by atoms with Crippen LogP contribution in [0, 0.1) is 10.1 Å². The number of hydrogen-bond donors (Lipinski definition) is 0. The fraction of sp³-hybridized carbons (Fsp3) is 0.238. The van der Waals surface area contributed by atoms with Crippen LogP contribution < -0.4 is 0 Å². The van der Waals surface area contributed by atoms with Crippen LogP contribution in [0.2, 0.25) is 0 Å². The number of carbonyl (C=O) groups is 1. The van der Waals surface area contributed by atoms with Crippen LogP contribution in [0.4, 0.5) is 11.4 Å². The van der Waals surface area contributed by atoms with Gasteiger partial charge in [0.1, 0.15) is 6.54 Å². The number of amides is 1. The first-order valence-corrected chi connectivity index (χ1v) is 9.34. The van der Waals surface area contributed by atoms with Crippen molar-refractivity contribution >= 4 is 34.4 Å². The van der Waals surface area contributed by atoms with Crippen LogP contribution in [-0.4, -0.2) is 52.8 Å². The maximum absolute atomic E-state index is 12.7. The van der Waals surface area contributed by atoms with Crippen LogP contribution in [-0.2, 0) is 16.1 Å². The van der Waals surface area contributed by atoms with Crippen molar-refractivity contribution < 1.29 is 14.5 Å². The zero-order chi connectivity index (χ0) is 20.2. The van der Waals surface area contributed by atoms with Gasteiger partial charge in [0.05, 0.1) is 23.8 Å². The average Bonchev–Trinajstić information content (AvgIpc) is 3.10. The van der Waals surface area contributed by atoms with Gasteiger partial charge in [-0.05, 0) is 12.1 Å². The molecule has 0 spiro atoms. The quantitative estimate of drug-likeness (QED) is 0.379. The van der Waals surface area contributed by atoms with E-state index in [1.807, 2.05) is 39.9 Å². The number of nitrogens with zero attached hydrogens (tertiary/aromatic N) is 4.